The van der Waals surface area contributed by atoms with Crippen molar-refractivity contribution in [1.29, 1.82) is 0 Å². The van der Waals surface area contributed by atoms with E-state index in [4.69, 9.17) is 11.6 Å². The van der Waals surface area contributed by atoms with Gasteiger partial charge in [0.2, 0.25) is 5.78 Å². The molecule has 1 aromatic heterocycles. The average molecular weight is 375 g/mol. The Labute approximate surface area is 135 Å². The molecular weight excluding hydrogens is 361 g/mol. The first-order valence-electron chi connectivity index (χ1n) is 6.26. The van der Waals surface area contributed by atoms with Gasteiger partial charge in [-0.25, -0.2) is 4.39 Å². The van der Waals surface area contributed by atoms with E-state index in [-0.39, 0.29) is 16.3 Å². The molecule has 21 heavy (non-hydrogen) atoms. The Morgan fingerprint density at radius 2 is 2.19 bits per heavy atom. The Hall–Kier alpha value is -1.24. The highest BCUT2D eigenvalue weighted by molar-refractivity contribution is 9.10. The molecule has 0 aliphatic carbocycles. The first-order chi connectivity index (χ1) is 9.90. The van der Waals surface area contributed by atoms with Gasteiger partial charge in [-0.05, 0) is 32.3 Å². The number of aromatic nitrogens is 2. The molecule has 0 spiro atoms. The zero-order chi connectivity index (χ0) is 15.6. The van der Waals surface area contributed by atoms with E-state index in [0.717, 1.165) is 0 Å². The van der Waals surface area contributed by atoms with Gasteiger partial charge in [0, 0.05) is 11.0 Å². The maximum absolute atomic E-state index is 13.9. The lowest BCUT2D eigenvalue weighted by molar-refractivity contribution is 0.102. The summed E-state index contributed by atoms with van der Waals surface area (Å²) < 4.78 is 16.0. The van der Waals surface area contributed by atoms with Crippen molar-refractivity contribution in [2.45, 2.75) is 6.54 Å². The summed E-state index contributed by atoms with van der Waals surface area (Å²) in [5.41, 5.74) is 0.174. The van der Waals surface area contributed by atoms with Crippen LogP contribution in [0, 0.1) is 5.82 Å². The number of halogens is 3. The van der Waals surface area contributed by atoms with Gasteiger partial charge in [0.1, 0.15) is 11.5 Å². The molecule has 1 aromatic carbocycles. The van der Waals surface area contributed by atoms with E-state index >= 15 is 0 Å². The van der Waals surface area contributed by atoms with E-state index in [9.17, 15) is 9.18 Å². The van der Waals surface area contributed by atoms with Crippen molar-refractivity contribution in [3.8, 4) is 0 Å². The van der Waals surface area contributed by atoms with Crippen molar-refractivity contribution in [2.75, 3.05) is 20.6 Å². The van der Waals surface area contributed by atoms with Crippen LogP contribution in [-0.4, -0.2) is 41.1 Å². The number of rotatable bonds is 5. The number of carbonyl (C=O) groups is 1. The third kappa shape index (κ3) is 3.70. The normalized spacial score (nSPS) is 11.1. The van der Waals surface area contributed by atoms with Crippen molar-refractivity contribution >= 4 is 33.3 Å². The molecule has 2 aromatic rings. The van der Waals surface area contributed by atoms with Crippen molar-refractivity contribution < 1.29 is 9.18 Å². The van der Waals surface area contributed by atoms with Gasteiger partial charge < -0.3 is 4.90 Å². The van der Waals surface area contributed by atoms with Crippen LogP contribution < -0.4 is 0 Å². The molecule has 0 fully saturated rings. The lowest BCUT2D eigenvalue weighted by atomic mass is 10.1. The second-order valence-corrected chi connectivity index (χ2v) is 6.14. The Morgan fingerprint density at radius 3 is 2.86 bits per heavy atom. The van der Waals surface area contributed by atoms with Crippen LogP contribution >= 0.6 is 27.5 Å². The molecule has 0 aliphatic rings. The standard InChI is InChI=1S/C14H14BrClFN3O/c1-19(2)5-6-20-13(11(16)8-18-20)14(21)10-7-9(15)3-4-12(10)17/h3-4,7-8H,5-6H2,1-2H3. The van der Waals surface area contributed by atoms with Crippen LogP contribution in [0.1, 0.15) is 16.1 Å². The minimum atomic E-state index is -0.584. The highest BCUT2D eigenvalue weighted by Crippen LogP contribution is 2.23. The van der Waals surface area contributed by atoms with Crippen LogP contribution in [0.2, 0.25) is 5.02 Å². The smallest absolute Gasteiger partial charge is 0.215 e. The predicted molar refractivity (Wildman–Crippen MR) is 83.3 cm³/mol. The largest absolute Gasteiger partial charge is 0.308 e. The second-order valence-electron chi connectivity index (χ2n) is 4.82. The van der Waals surface area contributed by atoms with E-state index in [0.29, 0.717) is 17.6 Å². The Kier molecular flexibility index (Phi) is 5.13. The summed E-state index contributed by atoms with van der Waals surface area (Å²) in [4.78, 5) is 14.5. The second kappa shape index (κ2) is 6.68. The summed E-state index contributed by atoms with van der Waals surface area (Å²) in [6.07, 6.45) is 1.40. The summed E-state index contributed by atoms with van der Waals surface area (Å²) in [5.74, 6) is -1.06. The lowest BCUT2D eigenvalue weighted by Gasteiger charge is -2.12. The summed E-state index contributed by atoms with van der Waals surface area (Å²) in [7, 11) is 3.83. The number of hydrogen-bond donors (Lipinski definition) is 0. The van der Waals surface area contributed by atoms with E-state index in [1.165, 1.54) is 29.1 Å². The Morgan fingerprint density at radius 1 is 1.48 bits per heavy atom. The summed E-state index contributed by atoms with van der Waals surface area (Å²) >= 11 is 9.28. The van der Waals surface area contributed by atoms with Crippen molar-refractivity contribution in [3.05, 3.63) is 51.0 Å². The molecule has 0 saturated carbocycles. The van der Waals surface area contributed by atoms with Gasteiger partial charge in [-0.2, -0.15) is 5.10 Å². The molecule has 4 nitrogen and oxygen atoms in total. The quantitative estimate of drug-likeness (QED) is 0.754. The van der Waals surface area contributed by atoms with E-state index in [1.807, 2.05) is 19.0 Å². The van der Waals surface area contributed by atoms with Crippen molar-refractivity contribution in [3.63, 3.8) is 0 Å². The molecule has 0 radical (unpaired) electrons. The SMILES string of the molecule is CN(C)CCn1ncc(Cl)c1C(=O)c1cc(Br)ccc1F. The van der Waals surface area contributed by atoms with E-state index in [1.54, 1.807) is 0 Å². The Bertz CT molecular complexity index is 672. The summed E-state index contributed by atoms with van der Waals surface area (Å²) in [6, 6.07) is 4.22. The third-order valence-electron chi connectivity index (χ3n) is 2.94. The van der Waals surface area contributed by atoms with Gasteiger partial charge in [-0.15, -0.1) is 0 Å². The summed E-state index contributed by atoms with van der Waals surface area (Å²) in [5, 5.41) is 4.31. The van der Waals surface area contributed by atoms with Gasteiger partial charge in [-0.3, -0.25) is 9.48 Å². The monoisotopic (exact) mass is 373 g/mol. The molecule has 7 heteroatoms. The van der Waals surface area contributed by atoms with Crippen LogP contribution in [0.5, 0.6) is 0 Å². The highest BCUT2D eigenvalue weighted by atomic mass is 79.9. The first-order valence-corrected chi connectivity index (χ1v) is 7.43. The Balaban J connectivity index is 2.39. The minimum Gasteiger partial charge on any atom is -0.308 e. The van der Waals surface area contributed by atoms with Gasteiger partial charge >= 0.3 is 0 Å². The molecule has 0 amide bonds. The topological polar surface area (TPSA) is 38.1 Å². The lowest BCUT2D eigenvalue weighted by Crippen LogP contribution is -2.22. The van der Waals surface area contributed by atoms with Crippen LogP contribution in [-0.2, 0) is 6.54 Å². The van der Waals surface area contributed by atoms with E-state index < -0.39 is 11.6 Å². The predicted octanol–water partition coefficient (Wildman–Crippen LogP) is 3.23. The number of hydrogen-bond acceptors (Lipinski definition) is 3. The van der Waals surface area contributed by atoms with E-state index in [2.05, 4.69) is 21.0 Å². The van der Waals surface area contributed by atoms with Gasteiger partial charge in [0.05, 0.1) is 23.3 Å². The first kappa shape index (κ1) is 16.1. The van der Waals surface area contributed by atoms with Crippen molar-refractivity contribution in [1.82, 2.24) is 14.7 Å². The molecule has 0 N–H and O–H groups in total. The molecule has 112 valence electrons. The fourth-order valence-electron chi connectivity index (χ4n) is 1.85. The molecule has 0 bridgehead atoms. The average Bonchev–Trinajstić information content (AvgIpc) is 2.79. The number of carbonyl (C=O) groups excluding carboxylic acids is 1. The number of likely N-dealkylation sites (N-methyl/N-ethyl adjacent to an activating group) is 1. The zero-order valence-electron chi connectivity index (χ0n) is 11.6. The van der Waals surface area contributed by atoms with Crippen LogP contribution in [0.4, 0.5) is 4.39 Å². The summed E-state index contributed by atoms with van der Waals surface area (Å²) in [6.45, 7) is 1.19. The van der Waals surface area contributed by atoms with Gasteiger partial charge in [0.15, 0.2) is 0 Å². The molecular formula is C14H14BrClFN3O. The maximum Gasteiger partial charge on any atom is 0.215 e. The molecule has 0 atom stereocenters. The molecule has 2 rings (SSSR count). The number of ketones is 1. The van der Waals surface area contributed by atoms with Gasteiger partial charge in [0.25, 0.3) is 0 Å². The highest BCUT2D eigenvalue weighted by Gasteiger charge is 2.22. The molecule has 1 heterocycles. The maximum atomic E-state index is 13.9. The molecule has 0 aliphatic heterocycles. The van der Waals surface area contributed by atoms with Crippen LogP contribution in [0.3, 0.4) is 0 Å². The van der Waals surface area contributed by atoms with Gasteiger partial charge in [-0.1, -0.05) is 27.5 Å². The fraction of sp³-hybridized carbons (Fsp3) is 0.286. The molecule has 0 unspecified atom stereocenters. The zero-order valence-corrected chi connectivity index (χ0v) is 13.9. The number of benzene rings is 1. The fourth-order valence-corrected chi connectivity index (χ4v) is 2.44. The molecule has 0 saturated heterocycles. The third-order valence-corrected chi connectivity index (χ3v) is 3.71. The van der Waals surface area contributed by atoms with Crippen LogP contribution in [0.15, 0.2) is 28.9 Å². The number of nitrogens with zero attached hydrogens (tertiary/aromatic N) is 3. The minimum absolute atomic E-state index is 0.0297. The van der Waals surface area contributed by atoms with Crippen LogP contribution in [0.25, 0.3) is 0 Å². The van der Waals surface area contributed by atoms with Crippen molar-refractivity contribution in [2.24, 2.45) is 0 Å².